The van der Waals surface area contributed by atoms with Crippen molar-refractivity contribution in [2.24, 2.45) is 5.92 Å². The number of nitrogens with zero attached hydrogens (tertiary/aromatic N) is 3. The van der Waals surface area contributed by atoms with Gasteiger partial charge in [0.25, 0.3) is 0 Å². The van der Waals surface area contributed by atoms with Crippen LogP contribution in [0.1, 0.15) is 31.4 Å². The number of rotatable bonds is 4. The minimum absolute atomic E-state index is 0.0724. The smallest absolute Gasteiger partial charge is 0.231 e. The molecule has 0 spiro atoms. The van der Waals surface area contributed by atoms with Crippen LogP contribution in [-0.4, -0.2) is 33.5 Å². The zero-order valence-corrected chi connectivity index (χ0v) is 14.0. The van der Waals surface area contributed by atoms with E-state index < -0.39 is 0 Å². The third-order valence-corrected chi connectivity index (χ3v) is 4.55. The second-order valence-corrected chi connectivity index (χ2v) is 6.05. The average Bonchev–Trinajstić information content (AvgIpc) is 3.05. The van der Waals surface area contributed by atoms with E-state index >= 15 is 0 Å². The van der Waals surface area contributed by atoms with Gasteiger partial charge in [0.2, 0.25) is 11.8 Å². The molecule has 0 saturated carbocycles. The Labute approximate surface area is 141 Å². The molecule has 1 aliphatic heterocycles. The Bertz CT molecular complexity index is 726. The number of carbonyl (C=O) groups is 2. The number of piperidine rings is 1. The molecule has 1 N–H and O–H groups in total. The number of amides is 2. The molecule has 2 aromatic rings. The summed E-state index contributed by atoms with van der Waals surface area (Å²) >= 11 is 0. The van der Waals surface area contributed by atoms with E-state index in [9.17, 15) is 9.59 Å². The molecule has 6 nitrogen and oxygen atoms in total. The Morgan fingerprint density at radius 3 is 2.71 bits per heavy atom. The lowest BCUT2D eigenvalue weighted by Gasteiger charge is -2.38. The Morgan fingerprint density at radius 1 is 1.29 bits per heavy atom. The maximum Gasteiger partial charge on any atom is 0.231 e. The summed E-state index contributed by atoms with van der Waals surface area (Å²) in [6.07, 6.45) is 2.77. The van der Waals surface area contributed by atoms with Gasteiger partial charge in [-0.05, 0) is 18.9 Å². The predicted octanol–water partition coefficient (Wildman–Crippen LogP) is 2.45. The summed E-state index contributed by atoms with van der Waals surface area (Å²) in [5.74, 6) is 0.239. The fourth-order valence-corrected chi connectivity index (χ4v) is 3.24. The molecule has 2 amide bonds. The summed E-state index contributed by atoms with van der Waals surface area (Å²) in [7, 11) is 1.77. The molecule has 1 aromatic heterocycles. The van der Waals surface area contributed by atoms with Crippen LogP contribution >= 0.6 is 0 Å². The second-order valence-electron chi connectivity index (χ2n) is 6.05. The average molecular weight is 326 g/mol. The summed E-state index contributed by atoms with van der Waals surface area (Å²) in [5, 5.41) is 7.19. The minimum Gasteiger partial charge on any atom is -0.338 e. The summed E-state index contributed by atoms with van der Waals surface area (Å²) in [6, 6.07) is 11.3. The van der Waals surface area contributed by atoms with Gasteiger partial charge in [0, 0.05) is 32.3 Å². The van der Waals surface area contributed by atoms with E-state index in [1.165, 1.54) is 0 Å². The first-order chi connectivity index (χ1) is 11.6. The van der Waals surface area contributed by atoms with Gasteiger partial charge in [-0.1, -0.05) is 30.3 Å². The van der Waals surface area contributed by atoms with Gasteiger partial charge < -0.3 is 10.2 Å². The minimum atomic E-state index is -0.290. The third-order valence-electron chi connectivity index (χ3n) is 4.55. The molecule has 0 unspecified atom stereocenters. The third kappa shape index (κ3) is 3.18. The van der Waals surface area contributed by atoms with E-state index in [-0.39, 0.29) is 23.8 Å². The highest BCUT2D eigenvalue weighted by Gasteiger charge is 2.38. The lowest BCUT2D eigenvalue weighted by atomic mass is 9.84. The molecule has 1 saturated heterocycles. The van der Waals surface area contributed by atoms with Crippen molar-refractivity contribution in [1.82, 2.24) is 14.7 Å². The monoisotopic (exact) mass is 326 g/mol. The normalized spacial score (nSPS) is 20.9. The van der Waals surface area contributed by atoms with Crippen molar-refractivity contribution in [2.75, 3.05) is 12.4 Å². The Balaban J connectivity index is 1.83. The van der Waals surface area contributed by atoms with Crippen molar-refractivity contribution in [3.05, 3.63) is 48.2 Å². The predicted molar refractivity (Wildman–Crippen MR) is 91.2 cm³/mol. The zero-order chi connectivity index (χ0) is 17.1. The topological polar surface area (TPSA) is 67.2 Å². The number of hydrogen-bond acceptors (Lipinski definition) is 3. The molecule has 1 aliphatic rings. The van der Waals surface area contributed by atoms with Crippen LogP contribution in [0.5, 0.6) is 0 Å². The standard InChI is InChI=1S/C18H22N4O2/c1-3-22-12-11-15(20-22)19-18(24)14-9-10-16(23)21(2)17(14)13-7-5-4-6-8-13/h4-8,11-12,14,17H,3,9-10H2,1-2H3,(H,19,20,24)/t14-,17-/m1/s1. The number of aromatic nitrogens is 2. The number of benzene rings is 1. The lowest BCUT2D eigenvalue weighted by Crippen LogP contribution is -2.44. The first-order valence-electron chi connectivity index (χ1n) is 8.25. The van der Waals surface area contributed by atoms with Gasteiger partial charge in [-0.15, -0.1) is 0 Å². The number of likely N-dealkylation sites (tertiary alicyclic amines) is 1. The highest BCUT2D eigenvalue weighted by Crippen LogP contribution is 2.36. The molecule has 24 heavy (non-hydrogen) atoms. The van der Waals surface area contributed by atoms with Crippen molar-refractivity contribution in [3.63, 3.8) is 0 Å². The second kappa shape index (κ2) is 6.86. The Hall–Kier alpha value is -2.63. The van der Waals surface area contributed by atoms with Gasteiger partial charge >= 0.3 is 0 Å². The van der Waals surface area contributed by atoms with Gasteiger partial charge in [-0.25, -0.2) is 0 Å². The van der Waals surface area contributed by atoms with E-state index in [2.05, 4.69) is 10.4 Å². The van der Waals surface area contributed by atoms with Crippen LogP contribution in [0.25, 0.3) is 0 Å². The number of hydrogen-bond donors (Lipinski definition) is 1. The van der Waals surface area contributed by atoms with Crippen LogP contribution in [0.2, 0.25) is 0 Å². The van der Waals surface area contributed by atoms with E-state index in [0.717, 1.165) is 12.1 Å². The SMILES string of the molecule is CCn1ccc(NC(=O)[C@@H]2CCC(=O)N(C)[C@@H]2c2ccccc2)n1. The van der Waals surface area contributed by atoms with Crippen LogP contribution in [0.4, 0.5) is 5.82 Å². The van der Waals surface area contributed by atoms with Crippen molar-refractivity contribution >= 4 is 17.6 Å². The summed E-state index contributed by atoms with van der Waals surface area (Å²) in [6.45, 7) is 2.74. The van der Waals surface area contributed by atoms with Gasteiger partial charge in [0.15, 0.2) is 5.82 Å². The molecule has 0 bridgehead atoms. The molecule has 1 fully saturated rings. The first kappa shape index (κ1) is 16.2. The zero-order valence-electron chi connectivity index (χ0n) is 14.0. The summed E-state index contributed by atoms with van der Waals surface area (Å²) in [5.41, 5.74) is 0.979. The van der Waals surface area contributed by atoms with E-state index in [4.69, 9.17) is 0 Å². The molecule has 2 atom stereocenters. The van der Waals surface area contributed by atoms with Crippen LogP contribution in [0, 0.1) is 5.92 Å². The summed E-state index contributed by atoms with van der Waals surface area (Å²) < 4.78 is 1.76. The van der Waals surface area contributed by atoms with Crippen LogP contribution in [0.3, 0.4) is 0 Å². The molecular formula is C18H22N4O2. The molecule has 2 heterocycles. The lowest BCUT2D eigenvalue weighted by molar-refractivity contribution is -0.140. The molecule has 1 aromatic carbocycles. The van der Waals surface area contributed by atoms with Crippen molar-refractivity contribution in [1.29, 1.82) is 0 Å². The van der Waals surface area contributed by atoms with Gasteiger partial charge in [0.05, 0.1) is 12.0 Å². The van der Waals surface area contributed by atoms with Gasteiger partial charge in [0.1, 0.15) is 0 Å². The van der Waals surface area contributed by atoms with Crippen LogP contribution in [-0.2, 0) is 16.1 Å². The number of aryl methyl sites for hydroxylation is 1. The largest absolute Gasteiger partial charge is 0.338 e. The fourth-order valence-electron chi connectivity index (χ4n) is 3.24. The van der Waals surface area contributed by atoms with Crippen LogP contribution < -0.4 is 5.32 Å². The quantitative estimate of drug-likeness (QED) is 0.938. The molecule has 0 aliphatic carbocycles. The first-order valence-corrected chi connectivity index (χ1v) is 8.25. The summed E-state index contributed by atoms with van der Waals surface area (Å²) in [4.78, 5) is 26.6. The van der Waals surface area contributed by atoms with Gasteiger partial charge in [-0.3, -0.25) is 14.3 Å². The van der Waals surface area contributed by atoms with Crippen LogP contribution in [0.15, 0.2) is 42.6 Å². The van der Waals surface area contributed by atoms with Crippen molar-refractivity contribution < 1.29 is 9.59 Å². The van der Waals surface area contributed by atoms with E-state index in [1.54, 1.807) is 22.7 Å². The number of carbonyl (C=O) groups excluding carboxylic acids is 2. The molecule has 6 heteroatoms. The molecular weight excluding hydrogens is 304 g/mol. The van der Waals surface area contributed by atoms with Gasteiger partial charge in [-0.2, -0.15) is 5.10 Å². The molecule has 126 valence electrons. The number of anilines is 1. The fraction of sp³-hybridized carbons (Fsp3) is 0.389. The van der Waals surface area contributed by atoms with E-state index in [0.29, 0.717) is 18.7 Å². The Kier molecular flexibility index (Phi) is 4.64. The van der Waals surface area contributed by atoms with Crippen molar-refractivity contribution in [3.8, 4) is 0 Å². The van der Waals surface area contributed by atoms with E-state index in [1.807, 2.05) is 43.5 Å². The molecule has 0 radical (unpaired) electrons. The maximum absolute atomic E-state index is 12.8. The highest BCUT2D eigenvalue weighted by molar-refractivity contribution is 5.93. The van der Waals surface area contributed by atoms with Crippen molar-refractivity contribution in [2.45, 2.75) is 32.4 Å². The Morgan fingerprint density at radius 2 is 2.04 bits per heavy atom. The highest BCUT2D eigenvalue weighted by atomic mass is 16.2. The molecule has 3 rings (SSSR count). The maximum atomic E-state index is 12.8. The number of nitrogens with one attached hydrogen (secondary N) is 1.